The van der Waals surface area contributed by atoms with E-state index >= 15 is 0 Å². The van der Waals surface area contributed by atoms with E-state index in [0.29, 0.717) is 12.6 Å². The number of rotatable bonds is 5. The number of fused-ring (bicyclic) bond motifs is 2. The van der Waals surface area contributed by atoms with Gasteiger partial charge >= 0.3 is 6.09 Å². The Morgan fingerprint density at radius 3 is 2.48 bits per heavy atom. The fourth-order valence-electron chi connectivity index (χ4n) is 4.36. The standard InChI is InChI=1S/C23H37N5O2.HI/c1-6-24-21(25-12-11-17-8-7-16(2)26-15-17)27-18-13-19-9-10-20(14-18)28(19)22(29)30-23(3,4)5;/h7-8,15,18-20H,6,9-14H2,1-5H3,(H2,24,25,27);1H. The molecular weight excluding hydrogens is 505 g/mol. The largest absolute Gasteiger partial charge is 0.444 e. The van der Waals surface area contributed by atoms with E-state index in [4.69, 9.17) is 9.73 Å². The van der Waals surface area contributed by atoms with Crippen LogP contribution in [0, 0.1) is 6.92 Å². The van der Waals surface area contributed by atoms with Gasteiger partial charge in [0, 0.05) is 43.1 Å². The van der Waals surface area contributed by atoms with Crippen LogP contribution in [0.15, 0.2) is 23.3 Å². The van der Waals surface area contributed by atoms with E-state index in [1.54, 1.807) is 0 Å². The molecular formula is C23H38IN5O2. The predicted octanol–water partition coefficient (Wildman–Crippen LogP) is 4.04. The third-order valence-electron chi connectivity index (χ3n) is 5.67. The highest BCUT2D eigenvalue weighted by molar-refractivity contribution is 14.0. The number of ether oxygens (including phenoxy) is 1. The molecule has 3 heterocycles. The number of carbonyl (C=O) groups is 1. The highest BCUT2D eigenvalue weighted by Gasteiger charge is 2.45. The summed E-state index contributed by atoms with van der Waals surface area (Å²) in [5.74, 6) is 0.854. The Balaban J connectivity index is 0.00000341. The van der Waals surface area contributed by atoms with Gasteiger partial charge in [0.2, 0.25) is 0 Å². The number of pyridine rings is 1. The summed E-state index contributed by atoms with van der Waals surface area (Å²) in [6.45, 7) is 11.4. The van der Waals surface area contributed by atoms with Gasteiger partial charge in [-0.2, -0.15) is 0 Å². The van der Waals surface area contributed by atoms with E-state index in [9.17, 15) is 4.79 Å². The van der Waals surface area contributed by atoms with Gasteiger partial charge in [-0.1, -0.05) is 6.07 Å². The average Bonchev–Trinajstić information content (AvgIpc) is 2.93. The molecule has 1 amide bonds. The first kappa shape index (κ1) is 25.7. The summed E-state index contributed by atoms with van der Waals surface area (Å²) >= 11 is 0. The SMILES string of the molecule is CCNC(=NCCc1ccc(C)nc1)NC1CC2CCC(C1)N2C(=O)OC(C)(C)C.I. The predicted molar refractivity (Wildman–Crippen MR) is 135 cm³/mol. The molecule has 0 aliphatic carbocycles. The zero-order valence-electron chi connectivity index (χ0n) is 19.5. The number of aryl methyl sites for hydroxylation is 1. The van der Waals surface area contributed by atoms with Crippen molar-refractivity contribution in [2.24, 2.45) is 4.99 Å². The number of guanidine groups is 1. The van der Waals surface area contributed by atoms with E-state index in [0.717, 1.165) is 50.3 Å². The summed E-state index contributed by atoms with van der Waals surface area (Å²) in [7, 11) is 0. The first-order chi connectivity index (χ1) is 14.2. The molecule has 2 saturated heterocycles. The maximum Gasteiger partial charge on any atom is 0.410 e. The average molecular weight is 543 g/mol. The molecule has 3 rings (SSSR count). The molecule has 2 atom stereocenters. The molecule has 0 aromatic carbocycles. The van der Waals surface area contributed by atoms with Crippen LogP contribution in [0.2, 0.25) is 0 Å². The van der Waals surface area contributed by atoms with Crippen LogP contribution in [0.25, 0.3) is 0 Å². The summed E-state index contributed by atoms with van der Waals surface area (Å²) < 4.78 is 5.64. The molecule has 8 heteroatoms. The Labute approximate surface area is 203 Å². The fraction of sp³-hybridized carbons (Fsp3) is 0.696. The van der Waals surface area contributed by atoms with Gasteiger partial charge in [-0.25, -0.2) is 4.79 Å². The van der Waals surface area contributed by atoms with Gasteiger partial charge in [0.25, 0.3) is 0 Å². The van der Waals surface area contributed by atoms with Gasteiger partial charge in [0.05, 0.1) is 0 Å². The van der Waals surface area contributed by atoms with Crippen molar-refractivity contribution >= 4 is 36.0 Å². The number of piperidine rings is 1. The van der Waals surface area contributed by atoms with Crippen LogP contribution in [0.3, 0.4) is 0 Å². The van der Waals surface area contributed by atoms with Crippen molar-refractivity contribution in [3.63, 3.8) is 0 Å². The lowest BCUT2D eigenvalue weighted by Gasteiger charge is -2.40. The molecule has 174 valence electrons. The van der Waals surface area contributed by atoms with Crippen LogP contribution in [0.5, 0.6) is 0 Å². The fourth-order valence-corrected chi connectivity index (χ4v) is 4.36. The molecule has 1 aromatic heterocycles. The number of carbonyl (C=O) groups excluding carboxylic acids is 1. The van der Waals surface area contributed by atoms with E-state index in [2.05, 4.69) is 28.6 Å². The number of aliphatic imine (C=N–C) groups is 1. The van der Waals surface area contributed by atoms with Crippen molar-refractivity contribution in [3.8, 4) is 0 Å². The van der Waals surface area contributed by atoms with Gasteiger partial charge < -0.3 is 20.3 Å². The van der Waals surface area contributed by atoms with Crippen LogP contribution in [-0.2, 0) is 11.2 Å². The van der Waals surface area contributed by atoms with Crippen molar-refractivity contribution in [2.75, 3.05) is 13.1 Å². The third kappa shape index (κ3) is 7.50. The Morgan fingerprint density at radius 1 is 1.26 bits per heavy atom. The van der Waals surface area contributed by atoms with Gasteiger partial charge in [-0.3, -0.25) is 9.98 Å². The lowest BCUT2D eigenvalue weighted by molar-refractivity contribution is 0.00545. The van der Waals surface area contributed by atoms with E-state index < -0.39 is 5.60 Å². The lowest BCUT2D eigenvalue weighted by Crippen LogP contribution is -2.55. The number of halogens is 1. The maximum atomic E-state index is 12.6. The second-order valence-corrected chi connectivity index (χ2v) is 9.40. The van der Waals surface area contributed by atoms with Crippen LogP contribution >= 0.6 is 24.0 Å². The van der Waals surface area contributed by atoms with Crippen LogP contribution in [0.4, 0.5) is 4.79 Å². The Bertz CT molecular complexity index is 733. The van der Waals surface area contributed by atoms with E-state index in [1.165, 1.54) is 5.56 Å². The minimum absolute atomic E-state index is 0. The second-order valence-electron chi connectivity index (χ2n) is 9.40. The van der Waals surface area contributed by atoms with E-state index in [1.807, 2.05) is 44.9 Å². The molecule has 1 aromatic rings. The first-order valence-electron chi connectivity index (χ1n) is 11.2. The monoisotopic (exact) mass is 543 g/mol. The Kier molecular flexibility index (Phi) is 9.39. The number of hydrogen-bond acceptors (Lipinski definition) is 4. The van der Waals surface area contributed by atoms with Crippen molar-refractivity contribution in [1.82, 2.24) is 20.5 Å². The molecule has 31 heavy (non-hydrogen) atoms. The molecule has 2 aliphatic heterocycles. The molecule has 2 N–H and O–H groups in total. The minimum Gasteiger partial charge on any atom is -0.444 e. The molecule has 0 radical (unpaired) electrons. The number of nitrogens with one attached hydrogen (secondary N) is 2. The normalized spacial score (nSPS) is 23.2. The van der Waals surface area contributed by atoms with Crippen molar-refractivity contribution in [3.05, 3.63) is 29.6 Å². The quantitative estimate of drug-likeness (QED) is 0.333. The molecule has 2 unspecified atom stereocenters. The van der Waals surface area contributed by atoms with Gasteiger partial charge in [-0.15, -0.1) is 24.0 Å². The lowest BCUT2D eigenvalue weighted by atomic mass is 9.98. The smallest absolute Gasteiger partial charge is 0.410 e. The Morgan fingerprint density at radius 2 is 1.94 bits per heavy atom. The van der Waals surface area contributed by atoms with Crippen molar-refractivity contribution in [1.29, 1.82) is 0 Å². The van der Waals surface area contributed by atoms with Crippen LogP contribution in [-0.4, -0.2) is 58.8 Å². The summed E-state index contributed by atoms with van der Waals surface area (Å²) in [6, 6.07) is 4.97. The molecule has 2 bridgehead atoms. The minimum atomic E-state index is -0.455. The summed E-state index contributed by atoms with van der Waals surface area (Å²) in [6.07, 6.45) is 6.60. The van der Waals surface area contributed by atoms with Crippen molar-refractivity contribution in [2.45, 2.75) is 90.4 Å². The van der Waals surface area contributed by atoms with Gasteiger partial charge in [0.15, 0.2) is 5.96 Å². The van der Waals surface area contributed by atoms with Gasteiger partial charge in [0.1, 0.15) is 5.60 Å². The Hall–Kier alpha value is -1.58. The van der Waals surface area contributed by atoms with Crippen LogP contribution in [0.1, 0.15) is 64.6 Å². The van der Waals surface area contributed by atoms with Crippen LogP contribution < -0.4 is 10.6 Å². The molecule has 2 aliphatic rings. The van der Waals surface area contributed by atoms with E-state index in [-0.39, 0.29) is 42.2 Å². The molecule has 0 saturated carbocycles. The topological polar surface area (TPSA) is 78.9 Å². The highest BCUT2D eigenvalue weighted by atomic mass is 127. The number of nitrogens with zero attached hydrogens (tertiary/aromatic N) is 3. The summed E-state index contributed by atoms with van der Waals surface area (Å²) in [5.41, 5.74) is 1.78. The number of hydrogen-bond donors (Lipinski definition) is 2. The summed E-state index contributed by atoms with van der Waals surface area (Å²) in [4.78, 5) is 23.7. The van der Waals surface area contributed by atoms with Crippen molar-refractivity contribution < 1.29 is 9.53 Å². The summed E-state index contributed by atoms with van der Waals surface area (Å²) in [5, 5.41) is 6.96. The number of aromatic nitrogens is 1. The number of amides is 1. The highest BCUT2D eigenvalue weighted by Crippen LogP contribution is 2.36. The molecule has 7 nitrogen and oxygen atoms in total. The second kappa shape index (κ2) is 11.3. The maximum absolute atomic E-state index is 12.6. The molecule has 0 spiro atoms. The molecule has 2 fully saturated rings. The zero-order chi connectivity index (χ0) is 21.7. The first-order valence-corrected chi connectivity index (χ1v) is 11.2. The third-order valence-corrected chi connectivity index (χ3v) is 5.67. The van der Waals surface area contributed by atoms with Gasteiger partial charge in [-0.05, 0) is 78.4 Å². The zero-order valence-corrected chi connectivity index (χ0v) is 21.8.